The van der Waals surface area contributed by atoms with Crippen LogP contribution >= 0.6 is 22.6 Å². The molecule has 32 heavy (non-hydrogen) atoms. The van der Waals surface area contributed by atoms with Gasteiger partial charge in [0.15, 0.2) is 0 Å². The first-order valence-electron chi connectivity index (χ1n) is 12.4. The van der Waals surface area contributed by atoms with Gasteiger partial charge in [-0.1, -0.05) is 12.8 Å². The van der Waals surface area contributed by atoms with E-state index in [1.54, 1.807) is 0 Å². The highest BCUT2D eigenvalue weighted by Crippen LogP contribution is 2.61. The molecule has 4 bridgehead atoms. The van der Waals surface area contributed by atoms with Gasteiger partial charge in [0.1, 0.15) is 6.04 Å². The van der Waals surface area contributed by atoms with Gasteiger partial charge >= 0.3 is 0 Å². The van der Waals surface area contributed by atoms with E-state index in [0.29, 0.717) is 23.4 Å². The Morgan fingerprint density at radius 1 is 0.938 bits per heavy atom. The Hall–Kier alpha value is -1.44. The molecule has 7 rings (SSSR count). The van der Waals surface area contributed by atoms with E-state index >= 15 is 0 Å². The largest absolute Gasteiger partial charge is 0.327 e. The molecular weight excluding hydrogens is 515 g/mol. The second-order valence-corrected chi connectivity index (χ2v) is 12.4. The van der Waals surface area contributed by atoms with Crippen molar-refractivity contribution in [2.45, 2.75) is 82.7 Å². The molecule has 0 aromatic heterocycles. The molecule has 0 spiro atoms. The number of rotatable bonds is 4. The molecule has 3 amide bonds. The molecular formula is C26H31IN2O3. The zero-order valence-corrected chi connectivity index (χ0v) is 20.6. The van der Waals surface area contributed by atoms with Crippen LogP contribution in [-0.2, 0) is 14.4 Å². The van der Waals surface area contributed by atoms with E-state index in [0.717, 1.165) is 48.5 Å². The van der Waals surface area contributed by atoms with E-state index in [-0.39, 0.29) is 35.6 Å². The van der Waals surface area contributed by atoms with Crippen molar-refractivity contribution in [3.63, 3.8) is 0 Å². The van der Waals surface area contributed by atoms with E-state index in [1.807, 2.05) is 29.2 Å². The summed E-state index contributed by atoms with van der Waals surface area (Å²) in [6, 6.07) is 6.97. The van der Waals surface area contributed by atoms with Gasteiger partial charge < -0.3 is 4.90 Å². The van der Waals surface area contributed by atoms with Crippen molar-refractivity contribution in [2.75, 3.05) is 4.90 Å². The number of amides is 3. The predicted molar refractivity (Wildman–Crippen MR) is 130 cm³/mol. The standard InChI is InChI=1S/C26H31IN2O3/c27-19-5-7-21(8-6-19)29-23(30)12-22(24(29)31)28(20-3-1-2-4-20)25(32)26-13-16-9-17(14-26)11-18(10-16)15-26/h5-8,16-18,20,22H,1-4,9-15H2. The molecule has 5 aliphatic carbocycles. The summed E-state index contributed by atoms with van der Waals surface area (Å²) >= 11 is 2.22. The summed E-state index contributed by atoms with van der Waals surface area (Å²) in [5, 5.41) is 0. The Kier molecular flexibility index (Phi) is 5.15. The minimum atomic E-state index is -0.634. The van der Waals surface area contributed by atoms with Crippen molar-refractivity contribution in [2.24, 2.45) is 23.2 Å². The molecule has 1 unspecified atom stereocenters. The van der Waals surface area contributed by atoms with Crippen LogP contribution in [0.5, 0.6) is 0 Å². The monoisotopic (exact) mass is 546 g/mol. The average molecular weight is 546 g/mol. The van der Waals surface area contributed by atoms with Crippen molar-refractivity contribution in [3.8, 4) is 0 Å². The van der Waals surface area contributed by atoms with Crippen LogP contribution in [0.4, 0.5) is 5.69 Å². The van der Waals surface area contributed by atoms with Gasteiger partial charge in [0.05, 0.1) is 17.5 Å². The average Bonchev–Trinajstić information content (AvgIpc) is 3.37. The third-order valence-corrected chi connectivity index (χ3v) is 9.71. The summed E-state index contributed by atoms with van der Waals surface area (Å²) in [5.41, 5.74) is 0.341. The van der Waals surface area contributed by atoms with E-state index in [9.17, 15) is 14.4 Å². The maximum Gasteiger partial charge on any atom is 0.257 e. The van der Waals surface area contributed by atoms with Crippen molar-refractivity contribution >= 4 is 46.0 Å². The van der Waals surface area contributed by atoms with Crippen LogP contribution in [-0.4, -0.2) is 34.7 Å². The maximum absolute atomic E-state index is 14.4. The molecule has 1 saturated heterocycles. The molecule has 170 valence electrons. The second-order valence-electron chi connectivity index (χ2n) is 11.1. The fourth-order valence-electron chi connectivity index (χ4n) is 8.09. The highest BCUT2D eigenvalue weighted by atomic mass is 127. The van der Waals surface area contributed by atoms with E-state index < -0.39 is 6.04 Å². The first-order valence-corrected chi connectivity index (χ1v) is 13.5. The summed E-state index contributed by atoms with van der Waals surface area (Å²) in [7, 11) is 0. The summed E-state index contributed by atoms with van der Waals surface area (Å²) in [5.74, 6) is 1.86. The van der Waals surface area contributed by atoms with Gasteiger partial charge in [-0.05, 0) is 116 Å². The number of hydrogen-bond donors (Lipinski definition) is 0. The molecule has 1 aromatic rings. The summed E-state index contributed by atoms with van der Waals surface area (Å²) in [6.45, 7) is 0. The fraction of sp³-hybridized carbons (Fsp3) is 0.654. The van der Waals surface area contributed by atoms with Crippen LogP contribution in [0.1, 0.15) is 70.6 Å². The highest BCUT2D eigenvalue weighted by molar-refractivity contribution is 14.1. The van der Waals surface area contributed by atoms with E-state index in [2.05, 4.69) is 22.6 Å². The number of imide groups is 1. The van der Waals surface area contributed by atoms with E-state index in [1.165, 1.54) is 24.2 Å². The molecule has 1 aliphatic heterocycles. The molecule has 1 atom stereocenters. The first-order chi connectivity index (χ1) is 15.4. The third-order valence-electron chi connectivity index (χ3n) is 8.99. The van der Waals surface area contributed by atoms with Gasteiger partial charge in [0.2, 0.25) is 11.8 Å². The van der Waals surface area contributed by atoms with Crippen molar-refractivity contribution in [3.05, 3.63) is 27.8 Å². The van der Waals surface area contributed by atoms with Gasteiger partial charge in [-0.3, -0.25) is 14.4 Å². The van der Waals surface area contributed by atoms with Crippen LogP contribution < -0.4 is 4.90 Å². The third kappa shape index (κ3) is 3.34. The minimum absolute atomic E-state index is 0.105. The number of hydrogen-bond acceptors (Lipinski definition) is 3. The predicted octanol–water partition coefficient (Wildman–Crippen LogP) is 4.91. The van der Waals surface area contributed by atoms with Crippen LogP contribution in [0.3, 0.4) is 0 Å². The van der Waals surface area contributed by atoms with Crippen molar-refractivity contribution < 1.29 is 14.4 Å². The lowest BCUT2D eigenvalue weighted by atomic mass is 9.49. The number of nitrogens with zero attached hydrogens (tertiary/aromatic N) is 2. The molecule has 0 radical (unpaired) electrons. The maximum atomic E-state index is 14.4. The number of benzene rings is 1. The highest BCUT2D eigenvalue weighted by Gasteiger charge is 2.58. The zero-order valence-electron chi connectivity index (χ0n) is 18.5. The molecule has 5 saturated carbocycles. The van der Waals surface area contributed by atoms with Gasteiger partial charge in [0.25, 0.3) is 5.91 Å². The Bertz CT molecular complexity index is 917. The van der Waals surface area contributed by atoms with E-state index in [4.69, 9.17) is 0 Å². The normalized spacial score (nSPS) is 36.3. The summed E-state index contributed by atoms with van der Waals surface area (Å²) < 4.78 is 1.06. The second kappa shape index (κ2) is 7.81. The van der Waals surface area contributed by atoms with Crippen LogP contribution in [0, 0.1) is 26.7 Å². The van der Waals surface area contributed by atoms with Gasteiger partial charge in [-0.15, -0.1) is 0 Å². The lowest BCUT2D eigenvalue weighted by Gasteiger charge is -2.57. The number of halogens is 1. The molecule has 6 fully saturated rings. The zero-order chi connectivity index (χ0) is 22.0. The topological polar surface area (TPSA) is 57.7 Å². The lowest BCUT2D eigenvalue weighted by Crippen LogP contribution is -2.59. The molecule has 1 aromatic carbocycles. The quantitative estimate of drug-likeness (QED) is 0.399. The smallest absolute Gasteiger partial charge is 0.257 e. The van der Waals surface area contributed by atoms with Crippen LogP contribution in [0.15, 0.2) is 24.3 Å². The van der Waals surface area contributed by atoms with Crippen LogP contribution in [0.2, 0.25) is 0 Å². The van der Waals surface area contributed by atoms with Gasteiger partial charge in [-0.2, -0.15) is 0 Å². The molecule has 6 aliphatic rings. The molecule has 0 N–H and O–H groups in total. The summed E-state index contributed by atoms with van der Waals surface area (Å²) in [4.78, 5) is 44.3. The van der Waals surface area contributed by atoms with Crippen molar-refractivity contribution in [1.82, 2.24) is 4.90 Å². The fourth-order valence-corrected chi connectivity index (χ4v) is 8.44. The number of carbonyl (C=O) groups is 3. The van der Waals surface area contributed by atoms with Gasteiger partial charge in [0, 0.05) is 9.61 Å². The first kappa shape index (κ1) is 21.1. The Labute approximate surface area is 203 Å². The number of anilines is 1. The molecule has 1 heterocycles. The Balaban J connectivity index is 1.33. The van der Waals surface area contributed by atoms with Crippen molar-refractivity contribution in [1.29, 1.82) is 0 Å². The number of carbonyl (C=O) groups excluding carboxylic acids is 3. The minimum Gasteiger partial charge on any atom is -0.327 e. The SMILES string of the molecule is O=C1CC(N(C(=O)C23CC4CC(CC(C4)C2)C3)C2CCCC2)C(=O)N1c1ccc(I)cc1. The Morgan fingerprint density at radius 2 is 1.50 bits per heavy atom. The molecule has 5 nitrogen and oxygen atoms in total. The van der Waals surface area contributed by atoms with Crippen LogP contribution in [0.25, 0.3) is 0 Å². The molecule has 6 heteroatoms. The lowest BCUT2D eigenvalue weighted by molar-refractivity contribution is -0.164. The van der Waals surface area contributed by atoms with Gasteiger partial charge in [-0.25, -0.2) is 4.90 Å². The summed E-state index contributed by atoms with van der Waals surface area (Å²) in [6.07, 6.45) is 11.1. The Morgan fingerprint density at radius 3 is 2.06 bits per heavy atom.